The smallest absolute Gasteiger partial charge is 0.338 e. The van der Waals surface area contributed by atoms with Crippen LogP contribution in [0.15, 0.2) is 57.5 Å². The van der Waals surface area contributed by atoms with E-state index in [0.717, 1.165) is 10.5 Å². The summed E-state index contributed by atoms with van der Waals surface area (Å²) in [6.07, 6.45) is 1.46. The molecule has 1 N–H and O–H groups in total. The highest BCUT2D eigenvalue weighted by molar-refractivity contribution is 6.19. The van der Waals surface area contributed by atoms with Crippen LogP contribution in [-0.4, -0.2) is 47.5 Å². The molecule has 0 radical (unpaired) electrons. The molecule has 0 spiro atoms. The van der Waals surface area contributed by atoms with E-state index in [1.165, 1.54) is 13.0 Å². The van der Waals surface area contributed by atoms with Gasteiger partial charge in [0, 0.05) is 11.1 Å². The van der Waals surface area contributed by atoms with Crippen LogP contribution in [0.2, 0.25) is 0 Å². The van der Waals surface area contributed by atoms with Crippen LogP contribution >= 0.6 is 0 Å². The van der Waals surface area contributed by atoms with Crippen molar-refractivity contribution in [2.75, 3.05) is 19.8 Å². The van der Waals surface area contributed by atoms with E-state index in [1.54, 1.807) is 43.3 Å². The van der Waals surface area contributed by atoms with Crippen molar-refractivity contribution in [2.24, 2.45) is 0 Å². The molecule has 2 amide bonds. The summed E-state index contributed by atoms with van der Waals surface area (Å²) in [6, 6.07) is 11.9. The molecule has 3 rings (SSSR count). The Balaban J connectivity index is 0.00000187. The zero-order chi connectivity index (χ0) is 24.5. The van der Waals surface area contributed by atoms with Crippen LogP contribution in [0.1, 0.15) is 43.8 Å². The average molecular weight is 450 g/mol. The first-order chi connectivity index (χ1) is 15.9. The number of esters is 1. The van der Waals surface area contributed by atoms with Crippen LogP contribution in [0.4, 0.5) is 0 Å². The van der Waals surface area contributed by atoms with Gasteiger partial charge in [-0.05, 0) is 49.8 Å². The Hall–Kier alpha value is -3.96. The maximum Gasteiger partial charge on any atom is 0.338 e. The minimum Gasteiger partial charge on any atom is -0.462 e. The van der Waals surface area contributed by atoms with Gasteiger partial charge in [-0.1, -0.05) is 26.0 Å². The number of β-amino-alcohol motifs (C(OH)–C–C–N with tert-alkyl or cyclic N) is 1. The van der Waals surface area contributed by atoms with E-state index in [2.05, 4.69) is 0 Å². The Morgan fingerprint density at radius 1 is 1.15 bits per heavy atom. The normalized spacial score (nSPS) is 14.7. The molecule has 8 heteroatoms. The van der Waals surface area contributed by atoms with Crippen molar-refractivity contribution in [1.29, 1.82) is 5.26 Å². The molecule has 0 saturated carbocycles. The topological polar surface area (TPSA) is 121 Å². The van der Waals surface area contributed by atoms with E-state index in [9.17, 15) is 19.6 Å². The fourth-order valence-electron chi connectivity index (χ4n) is 3.15. The number of carbonyl (C=O) groups is 3. The van der Waals surface area contributed by atoms with Crippen molar-refractivity contribution in [2.45, 2.75) is 27.7 Å². The minimum atomic E-state index is -0.724. The standard InChI is InChI=1S/C23H20N2O6.C2H6/c1-3-30-23(29)16-6-4-15(5-7-16)20-9-8-17(31-20)12-18-14(2)19(13-24)22(28)25(10-11-26)21(18)27;1-2/h4-9,12,26H,3,10-11H2,1-2H3;1-2H3/b18-12-;. The van der Waals surface area contributed by atoms with Crippen LogP contribution in [0.5, 0.6) is 0 Å². The number of rotatable bonds is 6. The third-order valence-corrected chi connectivity index (χ3v) is 4.74. The summed E-state index contributed by atoms with van der Waals surface area (Å²) >= 11 is 0. The van der Waals surface area contributed by atoms with Gasteiger partial charge in [-0.25, -0.2) is 4.79 Å². The summed E-state index contributed by atoms with van der Waals surface area (Å²) in [4.78, 5) is 37.6. The van der Waals surface area contributed by atoms with Crippen LogP contribution in [-0.2, 0) is 14.3 Å². The van der Waals surface area contributed by atoms with Gasteiger partial charge in [0.25, 0.3) is 11.8 Å². The summed E-state index contributed by atoms with van der Waals surface area (Å²) in [5, 5.41) is 18.5. The summed E-state index contributed by atoms with van der Waals surface area (Å²) in [6.45, 7) is 6.93. The second-order valence-electron chi connectivity index (χ2n) is 6.66. The summed E-state index contributed by atoms with van der Waals surface area (Å²) in [5.41, 5.74) is 1.38. The number of aliphatic hydroxyl groups is 1. The summed E-state index contributed by atoms with van der Waals surface area (Å²) in [7, 11) is 0. The van der Waals surface area contributed by atoms with E-state index >= 15 is 0 Å². The number of benzene rings is 1. The number of amides is 2. The lowest BCUT2D eigenvalue weighted by Gasteiger charge is -2.26. The van der Waals surface area contributed by atoms with Gasteiger partial charge in [-0.2, -0.15) is 5.26 Å². The second-order valence-corrected chi connectivity index (χ2v) is 6.66. The number of nitrogens with zero attached hydrogens (tertiary/aromatic N) is 2. The predicted molar refractivity (Wildman–Crippen MR) is 122 cm³/mol. The van der Waals surface area contributed by atoms with Gasteiger partial charge in [0.1, 0.15) is 23.2 Å². The molecule has 0 saturated heterocycles. The molecule has 0 atom stereocenters. The number of nitriles is 1. The number of hydrogen-bond donors (Lipinski definition) is 1. The van der Waals surface area contributed by atoms with Crippen molar-refractivity contribution in [3.63, 3.8) is 0 Å². The van der Waals surface area contributed by atoms with E-state index in [0.29, 0.717) is 17.1 Å². The van der Waals surface area contributed by atoms with Gasteiger partial charge in [-0.3, -0.25) is 14.5 Å². The molecule has 1 aromatic heterocycles. The number of hydrogen-bond acceptors (Lipinski definition) is 7. The molecule has 8 nitrogen and oxygen atoms in total. The summed E-state index contributed by atoms with van der Waals surface area (Å²) in [5.74, 6) is -0.878. The Kier molecular flexibility index (Phi) is 8.89. The Morgan fingerprint density at radius 2 is 1.82 bits per heavy atom. The molecule has 33 heavy (non-hydrogen) atoms. The molecule has 0 aliphatic carbocycles. The molecular formula is C25H26N2O6. The molecule has 2 aromatic rings. The first-order valence-corrected chi connectivity index (χ1v) is 10.6. The lowest BCUT2D eigenvalue weighted by atomic mass is 9.95. The number of carbonyl (C=O) groups excluding carboxylic acids is 3. The molecule has 1 aliphatic heterocycles. The predicted octanol–water partition coefficient (Wildman–Crippen LogP) is 3.73. The fourth-order valence-corrected chi connectivity index (χ4v) is 3.15. The van der Waals surface area contributed by atoms with Crippen LogP contribution in [0.25, 0.3) is 17.4 Å². The average Bonchev–Trinajstić information content (AvgIpc) is 3.30. The highest BCUT2D eigenvalue weighted by Crippen LogP contribution is 2.29. The van der Waals surface area contributed by atoms with Crippen LogP contribution in [0.3, 0.4) is 0 Å². The van der Waals surface area contributed by atoms with E-state index in [1.807, 2.05) is 19.9 Å². The molecule has 2 heterocycles. The number of ether oxygens (including phenoxy) is 1. The molecule has 0 unspecified atom stereocenters. The third-order valence-electron chi connectivity index (χ3n) is 4.74. The quantitative estimate of drug-likeness (QED) is 0.404. The van der Waals surface area contributed by atoms with Crippen molar-refractivity contribution in [1.82, 2.24) is 4.90 Å². The SMILES string of the molecule is CC.CCOC(=O)c1ccc(-c2ccc(/C=C3\C(=O)N(CCO)C(=O)C(C#N)=C3C)o2)cc1. The molecular weight excluding hydrogens is 424 g/mol. The van der Waals surface area contributed by atoms with Crippen LogP contribution in [0, 0.1) is 11.3 Å². The van der Waals surface area contributed by atoms with Crippen molar-refractivity contribution >= 4 is 23.9 Å². The number of imide groups is 1. The second kappa shape index (κ2) is 11.6. The number of aliphatic hydroxyl groups excluding tert-OH is 1. The van der Waals surface area contributed by atoms with Gasteiger partial charge in [0.15, 0.2) is 0 Å². The van der Waals surface area contributed by atoms with E-state index < -0.39 is 24.4 Å². The fraction of sp³-hybridized carbons (Fsp3) is 0.280. The van der Waals surface area contributed by atoms with Gasteiger partial charge in [-0.15, -0.1) is 0 Å². The van der Waals surface area contributed by atoms with Crippen molar-refractivity contribution < 1.29 is 28.6 Å². The van der Waals surface area contributed by atoms with Crippen molar-refractivity contribution in [3.8, 4) is 17.4 Å². The van der Waals surface area contributed by atoms with E-state index in [4.69, 9.17) is 14.3 Å². The zero-order valence-electron chi connectivity index (χ0n) is 19.0. The zero-order valence-corrected chi connectivity index (χ0v) is 19.0. The highest BCUT2D eigenvalue weighted by Gasteiger charge is 2.35. The van der Waals surface area contributed by atoms with Gasteiger partial charge >= 0.3 is 5.97 Å². The molecule has 1 aromatic carbocycles. The maximum absolute atomic E-state index is 12.7. The first-order valence-electron chi connectivity index (χ1n) is 10.6. The lowest BCUT2D eigenvalue weighted by Crippen LogP contribution is -2.44. The highest BCUT2D eigenvalue weighted by atomic mass is 16.5. The Bertz CT molecular complexity index is 1130. The summed E-state index contributed by atoms with van der Waals surface area (Å²) < 4.78 is 10.8. The molecule has 1 aliphatic rings. The monoisotopic (exact) mass is 450 g/mol. The maximum atomic E-state index is 12.7. The largest absolute Gasteiger partial charge is 0.462 e. The van der Waals surface area contributed by atoms with Gasteiger partial charge in [0.2, 0.25) is 0 Å². The minimum absolute atomic E-state index is 0.142. The van der Waals surface area contributed by atoms with Gasteiger partial charge in [0.05, 0.1) is 25.3 Å². The van der Waals surface area contributed by atoms with Gasteiger partial charge < -0.3 is 14.3 Å². The molecule has 0 fully saturated rings. The first kappa shape index (κ1) is 25.3. The molecule has 172 valence electrons. The molecule has 0 bridgehead atoms. The van der Waals surface area contributed by atoms with Crippen LogP contribution < -0.4 is 0 Å². The lowest BCUT2D eigenvalue weighted by molar-refractivity contribution is -0.141. The van der Waals surface area contributed by atoms with E-state index in [-0.39, 0.29) is 29.9 Å². The van der Waals surface area contributed by atoms with Crippen molar-refractivity contribution in [3.05, 3.63) is 64.4 Å². The Labute approximate surface area is 192 Å². The number of furan rings is 1. The Morgan fingerprint density at radius 3 is 2.39 bits per heavy atom. The third kappa shape index (κ3) is 5.45.